The molecule has 2 rings (SSSR count). The molecule has 6 heteroatoms. The number of hydrogen-bond donors (Lipinski definition) is 1. The molecule has 0 bridgehead atoms. The lowest BCUT2D eigenvalue weighted by molar-refractivity contribution is -0.754. The topological polar surface area (TPSA) is 49.9 Å². The zero-order chi connectivity index (χ0) is 10.8. The Morgan fingerprint density at radius 1 is 1.27 bits per heavy atom. The molecule has 1 heterocycles. The summed E-state index contributed by atoms with van der Waals surface area (Å²) in [5.74, 6) is -1.31. The van der Waals surface area contributed by atoms with E-state index in [1.807, 2.05) is 0 Å². The second-order valence-electron chi connectivity index (χ2n) is 3.05. The molecule has 1 aromatic carbocycles. The summed E-state index contributed by atoms with van der Waals surface area (Å²) in [5, 5.41) is 2.28. The van der Waals surface area contributed by atoms with Gasteiger partial charge in [0.05, 0.1) is 0 Å². The van der Waals surface area contributed by atoms with E-state index in [0.717, 1.165) is 12.3 Å². The number of nitrogens with zero attached hydrogens (tertiary/aromatic N) is 1. The van der Waals surface area contributed by atoms with Crippen LogP contribution < -0.4 is 10.3 Å². The summed E-state index contributed by atoms with van der Waals surface area (Å²) < 4.78 is 31.3. The van der Waals surface area contributed by atoms with Crippen molar-refractivity contribution < 1.29 is 18.0 Å². The molecule has 0 atom stereocenters. The van der Waals surface area contributed by atoms with Crippen molar-refractivity contribution in [1.82, 2.24) is 5.27 Å². The Morgan fingerprint density at radius 2 is 1.93 bits per heavy atom. The van der Waals surface area contributed by atoms with E-state index in [1.165, 1.54) is 16.8 Å². The van der Waals surface area contributed by atoms with E-state index in [0.29, 0.717) is 5.56 Å². The first-order chi connectivity index (χ1) is 7.13. The van der Waals surface area contributed by atoms with Crippen LogP contribution in [-0.2, 0) is 6.54 Å². The molecule has 0 saturated carbocycles. The first-order valence-electron chi connectivity index (χ1n) is 4.16. The first kappa shape index (κ1) is 9.57. The molecular weight excluding hydrogens is 206 g/mol. The van der Waals surface area contributed by atoms with Gasteiger partial charge in [0.15, 0.2) is 0 Å². The summed E-state index contributed by atoms with van der Waals surface area (Å²) in [5.41, 5.74) is -0.151. The molecule has 0 saturated heterocycles. The smallest absolute Gasteiger partial charge is 0.284 e. The number of benzene rings is 1. The molecule has 0 aliphatic carbocycles. The molecule has 0 radical (unpaired) electrons. The van der Waals surface area contributed by atoms with E-state index >= 15 is 0 Å². The summed E-state index contributed by atoms with van der Waals surface area (Å²) in [7, 11) is 0. The van der Waals surface area contributed by atoms with Gasteiger partial charge in [-0.05, 0) is 17.4 Å². The van der Waals surface area contributed by atoms with Gasteiger partial charge in [0.25, 0.3) is 6.20 Å². The Hall–Kier alpha value is -1.98. The summed E-state index contributed by atoms with van der Waals surface area (Å²) in [4.78, 5) is 10.6. The van der Waals surface area contributed by atoms with Crippen LogP contribution >= 0.6 is 0 Å². The van der Waals surface area contributed by atoms with Gasteiger partial charge in [0.2, 0.25) is 6.54 Å². The van der Waals surface area contributed by atoms with Crippen LogP contribution in [0.4, 0.5) is 8.78 Å². The molecular formula is C9H7F2N2O2+. The molecule has 0 aliphatic heterocycles. The van der Waals surface area contributed by atoms with Crippen LogP contribution in [0, 0.1) is 11.6 Å². The Kier molecular flexibility index (Phi) is 2.32. The standard InChI is InChI=1S/C9H6F2N2O2/c10-7-1-6(2-8(11)3-7)4-13-5-9(14)15-12-13/h1-3,5H,4H2/p+1. The average Bonchev–Trinajstić information content (AvgIpc) is 2.49. The van der Waals surface area contributed by atoms with Crippen molar-refractivity contribution in [3.63, 3.8) is 0 Å². The molecule has 2 aromatic rings. The lowest BCUT2D eigenvalue weighted by Gasteiger charge is -1.95. The highest BCUT2D eigenvalue weighted by atomic mass is 19.1. The second-order valence-corrected chi connectivity index (χ2v) is 3.05. The van der Waals surface area contributed by atoms with Gasteiger partial charge in [-0.1, -0.05) is 4.68 Å². The maximum Gasteiger partial charge on any atom is 0.426 e. The number of halogens is 2. The van der Waals surface area contributed by atoms with Crippen LogP contribution in [0.25, 0.3) is 0 Å². The Balaban J connectivity index is 2.27. The van der Waals surface area contributed by atoms with Gasteiger partial charge < -0.3 is 0 Å². The second kappa shape index (κ2) is 3.64. The fourth-order valence-electron chi connectivity index (χ4n) is 1.26. The summed E-state index contributed by atoms with van der Waals surface area (Å²) in [6.07, 6.45) is 1.16. The quantitative estimate of drug-likeness (QED) is 0.742. The predicted molar refractivity (Wildman–Crippen MR) is 45.0 cm³/mol. The average molecular weight is 213 g/mol. The Labute approximate surface area is 82.7 Å². The fraction of sp³-hybridized carbons (Fsp3) is 0.111. The number of H-pyrrole nitrogens is 1. The molecule has 0 amide bonds. The lowest BCUT2D eigenvalue weighted by Crippen LogP contribution is -2.35. The minimum Gasteiger partial charge on any atom is -0.284 e. The van der Waals surface area contributed by atoms with Crippen molar-refractivity contribution in [3.05, 3.63) is 52.0 Å². The van der Waals surface area contributed by atoms with Crippen LogP contribution in [0.5, 0.6) is 0 Å². The third-order valence-electron chi connectivity index (χ3n) is 1.80. The number of rotatable bonds is 2. The zero-order valence-corrected chi connectivity index (χ0v) is 7.54. The molecule has 4 nitrogen and oxygen atoms in total. The number of hydrogen-bond acceptors (Lipinski definition) is 2. The molecule has 0 fully saturated rings. The van der Waals surface area contributed by atoms with Gasteiger partial charge in [-0.15, -0.1) is 0 Å². The highest BCUT2D eigenvalue weighted by Gasteiger charge is 2.09. The molecule has 1 N–H and O–H groups in total. The van der Waals surface area contributed by atoms with Crippen molar-refractivity contribution in [3.8, 4) is 0 Å². The third-order valence-corrected chi connectivity index (χ3v) is 1.80. The molecule has 1 aromatic heterocycles. The van der Waals surface area contributed by atoms with Crippen molar-refractivity contribution in [2.75, 3.05) is 0 Å². The third kappa shape index (κ3) is 2.28. The van der Waals surface area contributed by atoms with E-state index in [9.17, 15) is 13.6 Å². The molecule has 78 valence electrons. The zero-order valence-electron chi connectivity index (χ0n) is 7.54. The van der Waals surface area contributed by atoms with E-state index < -0.39 is 17.3 Å². The van der Waals surface area contributed by atoms with Crippen LogP contribution in [0.2, 0.25) is 0 Å². The van der Waals surface area contributed by atoms with Gasteiger partial charge in [0, 0.05) is 11.6 Å². The van der Waals surface area contributed by atoms with E-state index in [1.54, 1.807) is 0 Å². The molecule has 0 spiro atoms. The van der Waals surface area contributed by atoms with Gasteiger partial charge in [-0.3, -0.25) is 4.52 Å². The molecule has 0 aliphatic rings. The van der Waals surface area contributed by atoms with Crippen molar-refractivity contribution in [2.24, 2.45) is 0 Å². The van der Waals surface area contributed by atoms with Gasteiger partial charge >= 0.3 is 5.63 Å². The van der Waals surface area contributed by atoms with Crippen molar-refractivity contribution in [1.29, 1.82) is 0 Å². The largest absolute Gasteiger partial charge is 0.426 e. The maximum absolute atomic E-state index is 12.8. The number of aromatic nitrogens is 2. The summed E-state index contributed by atoms with van der Waals surface area (Å²) in [6.45, 7) is 0.139. The van der Waals surface area contributed by atoms with Gasteiger partial charge in [-0.2, -0.15) is 0 Å². The van der Waals surface area contributed by atoms with E-state index in [2.05, 4.69) is 9.79 Å². The van der Waals surface area contributed by atoms with Crippen LogP contribution in [0.15, 0.2) is 33.7 Å². The SMILES string of the molecule is O=c1c[n+](Cc2cc(F)cc(F)c2)[nH]o1. The number of aromatic amines is 1. The normalized spacial score (nSPS) is 10.5. The summed E-state index contributed by atoms with van der Waals surface area (Å²) >= 11 is 0. The van der Waals surface area contributed by atoms with Gasteiger partial charge in [-0.25, -0.2) is 13.6 Å². The monoisotopic (exact) mass is 213 g/mol. The predicted octanol–water partition coefficient (Wildman–Crippen LogP) is 0.582. The van der Waals surface area contributed by atoms with Crippen molar-refractivity contribution in [2.45, 2.75) is 6.54 Å². The summed E-state index contributed by atoms with van der Waals surface area (Å²) in [6, 6.07) is 3.15. The van der Waals surface area contributed by atoms with Gasteiger partial charge in [0.1, 0.15) is 11.6 Å². The minimum absolute atomic E-state index is 0.139. The Bertz CT molecular complexity index is 513. The first-order valence-corrected chi connectivity index (χ1v) is 4.16. The van der Waals surface area contributed by atoms with Crippen LogP contribution in [0.3, 0.4) is 0 Å². The van der Waals surface area contributed by atoms with Crippen LogP contribution in [0.1, 0.15) is 5.56 Å². The van der Waals surface area contributed by atoms with Crippen LogP contribution in [-0.4, -0.2) is 5.27 Å². The maximum atomic E-state index is 12.8. The fourth-order valence-corrected chi connectivity index (χ4v) is 1.26. The lowest BCUT2D eigenvalue weighted by atomic mass is 10.2. The Morgan fingerprint density at radius 3 is 2.47 bits per heavy atom. The highest BCUT2D eigenvalue weighted by molar-refractivity contribution is 5.16. The van der Waals surface area contributed by atoms with E-state index in [-0.39, 0.29) is 6.54 Å². The van der Waals surface area contributed by atoms with Crippen molar-refractivity contribution >= 4 is 0 Å². The highest BCUT2D eigenvalue weighted by Crippen LogP contribution is 2.06. The number of nitrogens with one attached hydrogen (secondary N) is 1. The molecule has 0 unspecified atom stereocenters. The minimum atomic E-state index is -0.656. The molecule has 15 heavy (non-hydrogen) atoms. The van der Waals surface area contributed by atoms with E-state index in [4.69, 9.17) is 0 Å².